The third kappa shape index (κ3) is 3.59. The van der Waals surface area contributed by atoms with Crippen LogP contribution < -0.4 is 5.32 Å². The van der Waals surface area contributed by atoms with E-state index in [1.807, 2.05) is 27.3 Å². The summed E-state index contributed by atoms with van der Waals surface area (Å²) in [5.41, 5.74) is 0. The Bertz CT molecular complexity index is 492. The molecule has 3 rings (SSSR count). The first-order valence-electron chi connectivity index (χ1n) is 7.14. The van der Waals surface area contributed by atoms with Gasteiger partial charge in [-0.1, -0.05) is 6.07 Å². The Kier molecular flexibility index (Phi) is 4.82. The number of nitrogens with zero attached hydrogens (tertiary/aromatic N) is 2. The molecule has 1 atom stereocenters. The smallest absolute Gasteiger partial charge is 0.240 e. The predicted octanol–water partition coefficient (Wildman–Crippen LogP) is 0.624. The molecule has 0 spiro atoms. The standard InChI is InChI=1S/C14H19N3O2S2/c18-13(8-11-2-1-7-21-11)16-3-5-17(6-4-16)14(19)12-9-20-10-15-12/h1-2,7,12,15H,3-6,8-10H2. The monoisotopic (exact) mass is 325 g/mol. The Morgan fingerprint density at radius 3 is 2.62 bits per heavy atom. The minimum Gasteiger partial charge on any atom is -0.339 e. The number of thioether (sulfide) groups is 1. The van der Waals surface area contributed by atoms with Gasteiger partial charge in [-0.15, -0.1) is 23.1 Å². The molecule has 0 aliphatic carbocycles. The molecule has 7 heteroatoms. The van der Waals surface area contributed by atoms with E-state index >= 15 is 0 Å². The third-order valence-electron chi connectivity index (χ3n) is 3.86. The normalized spacial score (nSPS) is 22.6. The average Bonchev–Trinajstić information content (AvgIpc) is 3.20. The first-order chi connectivity index (χ1) is 10.2. The number of piperazine rings is 1. The summed E-state index contributed by atoms with van der Waals surface area (Å²) in [6.45, 7) is 2.60. The molecule has 1 unspecified atom stereocenters. The molecule has 0 bridgehead atoms. The van der Waals surface area contributed by atoms with Crippen LogP contribution in [0.2, 0.25) is 0 Å². The van der Waals surface area contributed by atoms with Crippen LogP contribution >= 0.6 is 23.1 Å². The molecule has 2 amide bonds. The molecule has 1 N–H and O–H groups in total. The van der Waals surface area contributed by atoms with Gasteiger partial charge in [-0.05, 0) is 11.4 Å². The van der Waals surface area contributed by atoms with E-state index in [1.165, 1.54) is 0 Å². The zero-order valence-electron chi connectivity index (χ0n) is 11.8. The van der Waals surface area contributed by atoms with Crippen molar-refractivity contribution >= 4 is 34.9 Å². The van der Waals surface area contributed by atoms with Crippen molar-refractivity contribution in [2.75, 3.05) is 37.8 Å². The fourth-order valence-corrected chi connectivity index (χ4v) is 4.25. The number of hydrogen-bond donors (Lipinski definition) is 1. The lowest BCUT2D eigenvalue weighted by Crippen LogP contribution is -2.54. The zero-order chi connectivity index (χ0) is 14.7. The van der Waals surface area contributed by atoms with Crippen molar-refractivity contribution in [3.63, 3.8) is 0 Å². The van der Waals surface area contributed by atoms with Gasteiger partial charge in [0.1, 0.15) is 0 Å². The molecule has 1 aromatic heterocycles. The molecule has 2 fully saturated rings. The zero-order valence-corrected chi connectivity index (χ0v) is 13.4. The van der Waals surface area contributed by atoms with E-state index in [0.717, 1.165) is 16.5 Å². The third-order valence-corrected chi connectivity index (χ3v) is 5.68. The molecule has 2 aliphatic heterocycles. The fourth-order valence-electron chi connectivity index (χ4n) is 2.62. The van der Waals surface area contributed by atoms with Crippen LogP contribution in [0.3, 0.4) is 0 Å². The molecule has 2 saturated heterocycles. The average molecular weight is 325 g/mol. The summed E-state index contributed by atoms with van der Waals surface area (Å²) in [5.74, 6) is 2.07. The fraction of sp³-hybridized carbons (Fsp3) is 0.571. The molecule has 0 aromatic carbocycles. The van der Waals surface area contributed by atoms with Crippen molar-refractivity contribution < 1.29 is 9.59 Å². The molecule has 3 heterocycles. The van der Waals surface area contributed by atoms with E-state index in [1.54, 1.807) is 23.1 Å². The molecule has 114 valence electrons. The van der Waals surface area contributed by atoms with Gasteiger partial charge in [0.15, 0.2) is 0 Å². The van der Waals surface area contributed by atoms with E-state index in [2.05, 4.69) is 5.32 Å². The van der Waals surface area contributed by atoms with Gasteiger partial charge >= 0.3 is 0 Å². The van der Waals surface area contributed by atoms with Gasteiger partial charge in [0.05, 0.1) is 12.5 Å². The highest BCUT2D eigenvalue weighted by Gasteiger charge is 2.30. The first kappa shape index (κ1) is 14.9. The largest absolute Gasteiger partial charge is 0.339 e. The van der Waals surface area contributed by atoms with Crippen LogP contribution in [0.25, 0.3) is 0 Å². The number of carbonyl (C=O) groups excluding carboxylic acids is 2. The number of hydrogen-bond acceptors (Lipinski definition) is 5. The number of rotatable bonds is 3. The van der Waals surface area contributed by atoms with Crippen molar-refractivity contribution in [3.8, 4) is 0 Å². The molecular formula is C14H19N3O2S2. The van der Waals surface area contributed by atoms with E-state index in [9.17, 15) is 9.59 Å². The van der Waals surface area contributed by atoms with Gasteiger partial charge in [-0.3, -0.25) is 14.9 Å². The second kappa shape index (κ2) is 6.81. The highest BCUT2D eigenvalue weighted by Crippen LogP contribution is 2.15. The van der Waals surface area contributed by atoms with Crippen LogP contribution in [-0.4, -0.2) is 65.5 Å². The molecule has 0 radical (unpaired) electrons. The van der Waals surface area contributed by atoms with Gasteiger partial charge in [0.25, 0.3) is 0 Å². The summed E-state index contributed by atoms with van der Waals surface area (Å²) in [6, 6.07) is 3.92. The Hall–Kier alpha value is -1.05. The van der Waals surface area contributed by atoms with Crippen LogP contribution in [0.15, 0.2) is 17.5 Å². The van der Waals surface area contributed by atoms with Crippen LogP contribution in [0.1, 0.15) is 4.88 Å². The Balaban J connectivity index is 1.48. The van der Waals surface area contributed by atoms with E-state index < -0.39 is 0 Å². The number of amides is 2. The second-order valence-corrected chi connectivity index (χ2v) is 7.30. The van der Waals surface area contributed by atoms with Gasteiger partial charge in [0.2, 0.25) is 11.8 Å². The maximum atomic E-state index is 12.3. The Morgan fingerprint density at radius 1 is 1.24 bits per heavy atom. The van der Waals surface area contributed by atoms with Gasteiger partial charge in [0, 0.05) is 42.7 Å². The summed E-state index contributed by atoms with van der Waals surface area (Å²) >= 11 is 3.37. The lowest BCUT2D eigenvalue weighted by molar-refractivity contribution is -0.140. The molecule has 5 nitrogen and oxygen atoms in total. The number of thiophene rings is 1. The number of nitrogens with one attached hydrogen (secondary N) is 1. The van der Waals surface area contributed by atoms with Gasteiger partial charge in [-0.2, -0.15) is 0 Å². The summed E-state index contributed by atoms with van der Waals surface area (Å²) in [6.07, 6.45) is 0.479. The summed E-state index contributed by atoms with van der Waals surface area (Å²) in [7, 11) is 0. The van der Waals surface area contributed by atoms with Gasteiger partial charge in [-0.25, -0.2) is 0 Å². The Morgan fingerprint density at radius 2 is 2.00 bits per heavy atom. The predicted molar refractivity (Wildman–Crippen MR) is 85.4 cm³/mol. The lowest BCUT2D eigenvalue weighted by Gasteiger charge is -2.35. The van der Waals surface area contributed by atoms with Crippen molar-refractivity contribution in [2.45, 2.75) is 12.5 Å². The SMILES string of the molecule is O=C(Cc1cccs1)N1CCN(C(=O)C2CSCN2)CC1. The molecule has 21 heavy (non-hydrogen) atoms. The minimum absolute atomic E-state index is 0.0385. The maximum absolute atomic E-state index is 12.3. The van der Waals surface area contributed by atoms with Crippen LogP contribution in [0.4, 0.5) is 0 Å². The van der Waals surface area contributed by atoms with Gasteiger partial charge < -0.3 is 9.80 Å². The highest BCUT2D eigenvalue weighted by atomic mass is 32.2. The van der Waals surface area contributed by atoms with Crippen LogP contribution in [0.5, 0.6) is 0 Å². The molecule has 0 saturated carbocycles. The van der Waals surface area contributed by atoms with Crippen LogP contribution in [0, 0.1) is 0 Å². The van der Waals surface area contributed by atoms with Crippen LogP contribution in [-0.2, 0) is 16.0 Å². The summed E-state index contributed by atoms with van der Waals surface area (Å²) in [5, 5.41) is 5.20. The second-order valence-electron chi connectivity index (χ2n) is 5.23. The quantitative estimate of drug-likeness (QED) is 0.885. The topological polar surface area (TPSA) is 52.7 Å². The van der Waals surface area contributed by atoms with Crippen molar-refractivity contribution in [1.82, 2.24) is 15.1 Å². The summed E-state index contributed by atoms with van der Waals surface area (Å²) < 4.78 is 0. The highest BCUT2D eigenvalue weighted by molar-refractivity contribution is 7.99. The Labute approximate surface area is 132 Å². The van der Waals surface area contributed by atoms with E-state index in [4.69, 9.17) is 0 Å². The maximum Gasteiger partial charge on any atom is 0.240 e. The summed E-state index contributed by atoms with van der Waals surface area (Å²) in [4.78, 5) is 29.4. The van der Waals surface area contributed by atoms with Crippen molar-refractivity contribution in [3.05, 3.63) is 22.4 Å². The van der Waals surface area contributed by atoms with E-state index in [-0.39, 0.29) is 17.9 Å². The number of carbonyl (C=O) groups is 2. The van der Waals surface area contributed by atoms with Crippen molar-refractivity contribution in [2.24, 2.45) is 0 Å². The van der Waals surface area contributed by atoms with E-state index in [0.29, 0.717) is 32.6 Å². The molecule has 2 aliphatic rings. The molecule has 1 aromatic rings. The molecular weight excluding hydrogens is 306 g/mol. The lowest BCUT2D eigenvalue weighted by atomic mass is 10.2. The first-order valence-corrected chi connectivity index (χ1v) is 9.17. The minimum atomic E-state index is -0.0385. The van der Waals surface area contributed by atoms with Crippen molar-refractivity contribution in [1.29, 1.82) is 0 Å².